The van der Waals surface area contributed by atoms with Gasteiger partial charge in [-0.2, -0.15) is 0 Å². The molecule has 1 N–H and O–H groups in total. The van der Waals surface area contributed by atoms with Crippen molar-refractivity contribution in [3.05, 3.63) is 69.7 Å². The van der Waals surface area contributed by atoms with Crippen LogP contribution in [0.1, 0.15) is 16.7 Å². The van der Waals surface area contributed by atoms with Crippen LogP contribution in [0.25, 0.3) is 0 Å². The Bertz CT molecular complexity index is 819. The van der Waals surface area contributed by atoms with Gasteiger partial charge in [0.25, 0.3) is 0 Å². The van der Waals surface area contributed by atoms with Crippen molar-refractivity contribution in [2.75, 3.05) is 26.3 Å². The second-order valence-corrected chi connectivity index (χ2v) is 9.14. The number of nitrogens with one attached hydrogen (secondary N) is 1. The van der Waals surface area contributed by atoms with Crippen molar-refractivity contribution in [2.45, 2.75) is 18.8 Å². The predicted octanol–water partition coefficient (Wildman–Crippen LogP) is 2.90. The molecule has 0 saturated carbocycles. The van der Waals surface area contributed by atoms with E-state index in [0.717, 1.165) is 48.4 Å². The molecule has 2 aromatic carbocycles. The molecule has 1 saturated heterocycles. The van der Waals surface area contributed by atoms with E-state index in [0.29, 0.717) is 6.54 Å². The molecule has 0 unspecified atom stereocenters. The van der Waals surface area contributed by atoms with Crippen LogP contribution >= 0.6 is 15.9 Å². The second kappa shape index (κ2) is 9.10. The zero-order valence-electron chi connectivity index (χ0n) is 14.5. The molecule has 0 spiro atoms. The molecule has 0 aliphatic carbocycles. The largest absolute Gasteiger partial charge is 0.379 e. The molecule has 1 aliphatic rings. The van der Waals surface area contributed by atoms with Gasteiger partial charge in [-0.05, 0) is 28.8 Å². The van der Waals surface area contributed by atoms with Crippen LogP contribution in [0.5, 0.6) is 0 Å². The van der Waals surface area contributed by atoms with Crippen LogP contribution in [0.3, 0.4) is 0 Å². The van der Waals surface area contributed by atoms with Gasteiger partial charge in [-0.25, -0.2) is 13.1 Å². The highest BCUT2D eigenvalue weighted by atomic mass is 79.9. The summed E-state index contributed by atoms with van der Waals surface area (Å²) in [5, 5.41) is 0. The first kappa shape index (κ1) is 19.5. The lowest BCUT2D eigenvalue weighted by molar-refractivity contribution is 0.0342. The van der Waals surface area contributed by atoms with E-state index in [2.05, 4.69) is 37.7 Å². The molecule has 5 nitrogen and oxygen atoms in total. The molecule has 0 amide bonds. The van der Waals surface area contributed by atoms with Crippen LogP contribution in [0.15, 0.2) is 53.0 Å². The Labute approximate surface area is 163 Å². The van der Waals surface area contributed by atoms with Crippen molar-refractivity contribution in [3.8, 4) is 0 Å². The molecular formula is C19H23BrN2O3S. The summed E-state index contributed by atoms with van der Waals surface area (Å²) in [6, 6.07) is 15.4. The van der Waals surface area contributed by atoms with Gasteiger partial charge < -0.3 is 4.74 Å². The van der Waals surface area contributed by atoms with Crippen LogP contribution in [-0.2, 0) is 33.6 Å². The summed E-state index contributed by atoms with van der Waals surface area (Å²) in [5.74, 6) is -0.0201. The summed E-state index contributed by atoms with van der Waals surface area (Å²) < 4.78 is 33.6. The Balaban J connectivity index is 1.56. The van der Waals surface area contributed by atoms with Crippen molar-refractivity contribution in [2.24, 2.45) is 0 Å². The van der Waals surface area contributed by atoms with E-state index < -0.39 is 10.0 Å². The number of benzene rings is 2. The van der Waals surface area contributed by atoms with Crippen molar-refractivity contribution >= 4 is 26.0 Å². The molecule has 1 fully saturated rings. The normalized spacial score (nSPS) is 15.9. The molecule has 1 heterocycles. The molecule has 1 aliphatic heterocycles. The van der Waals surface area contributed by atoms with Crippen molar-refractivity contribution in [1.29, 1.82) is 0 Å². The Kier molecular flexibility index (Phi) is 6.83. The Morgan fingerprint density at radius 1 is 1.00 bits per heavy atom. The van der Waals surface area contributed by atoms with Crippen LogP contribution in [0.2, 0.25) is 0 Å². The van der Waals surface area contributed by atoms with Gasteiger partial charge in [-0.1, -0.05) is 52.3 Å². The first-order chi connectivity index (χ1) is 12.5. The van der Waals surface area contributed by atoms with Crippen molar-refractivity contribution < 1.29 is 13.2 Å². The summed E-state index contributed by atoms with van der Waals surface area (Å²) in [6.45, 7) is 4.58. The van der Waals surface area contributed by atoms with Crippen LogP contribution < -0.4 is 4.72 Å². The van der Waals surface area contributed by atoms with Crippen molar-refractivity contribution in [3.63, 3.8) is 0 Å². The topological polar surface area (TPSA) is 58.6 Å². The zero-order chi connectivity index (χ0) is 18.4. The first-order valence-corrected chi connectivity index (χ1v) is 11.0. The molecule has 2 aromatic rings. The maximum absolute atomic E-state index is 12.3. The van der Waals surface area contributed by atoms with Gasteiger partial charge >= 0.3 is 0 Å². The fourth-order valence-electron chi connectivity index (χ4n) is 2.90. The lowest BCUT2D eigenvalue weighted by Gasteiger charge is -2.26. The molecule has 0 atom stereocenters. The van der Waals surface area contributed by atoms with E-state index in [1.165, 1.54) is 5.56 Å². The number of rotatable bonds is 7. The lowest BCUT2D eigenvalue weighted by atomic mass is 10.1. The molecular weight excluding hydrogens is 416 g/mol. The Morgan fingerprint density at radius 3 is 2.42 bits per heavy atom. The number of ether oxygens (including phenoxy) is 1. The van der Waals surface area contributed by atoms with E-state index in [1.54, 1.807) is 0 Å². The van der Waals surface area contributed by atoms with E-state index in [9.17, 15) is 8.42 Å². The summed E-state index contributed by atoms with van der Waals surface area (Å²) in [4.78, 5) is 2.35. The average molecular weight is 439 g/mol. The first-order valence-electron chi connectivity index (χ1n) is 8.60. The maximum atomic E-state index is 12.3. The van der Waals surface area contributed by atoms with Crippen LogP contribution in [0, 0.1) is 0 Å². The summed E-state index contributed by atoms with van der Waals surface area (Å²) in [7, 11) is -3.38. The molecule has 3 rings (SSSR count). The van der Waals surface area contributed by atoms with Gasteiger partial charge in [0.05, 0.1) is 19.0 Å². The SMILES string of the molecule is O=S(=O)(Cc1ccc(Br)cc1)NCc1cccc(CN2CCOCC2)c1. The van der Waals surface area contributed by atoms with Gasteiger partial charge in [0.15, 0.2) is 0 Å². The molecule has 26 heavy (non-hydrogen) atoms. The highest BCUT2D eigenvalue weighted by Crippen LogP contribution is 2.13. The minimum Gasteiger partial charge on any atom is -0.379 e. The predicted molar refractivity (Wildman–Crippen MR) is 106 cm³/mol. The minimum absolute atomic E-state index is 0.0201. The fraction of sp³-hybridized carbons (Fsp3) is 0.368. The number of hydrogen-bond donors (Lipinski definition) is 1. The van der Waals surface area contributed by atoms with Crippen LogP contribution in [-0.4, -0.2) is 39.6 Å². The molecule has 7 heteroatoms. The quantitative estimate of drug-likeness (QED) is 0.721. The Hall–Kier alpha value is -1.25. The third-order valence-electron chi connectivity index (χ3n) is 4.27. The smallest absolute Gasteiger partial charge is 0.216 e. The van der Waals surface area contributed by atoms with Gasteiger partial charge in [0, 0.05) is 30.7 Å². The van der Waals surface area contributed by atoms with E-state index in [-0.39, 0.29) is 5.75 Å². The second-order valence-electron chi connectivity index (χ2n) is 6.42. The summed E-state index contributed by atoms with van der Waals surface area (Å²) in [6.07, 6.45) is 0. The molecule has 0 radical (unpaired) electrons. The average Bonchev–Trinajstić information content (AvgIpc) is 2.63. The fourth-order valence-corrected chi connectivity index (χ4v) is 4.28. The highest BCUT2D eigenvalue weighted by Gasteiger charge is 2.13. The number of nitrogens with zero attached hydrogens (tertiary/aromatic N) is 1. The van der Waals surface area contributed by atoms with E-state index in [1.807, 2.05) is 36.4 Å². The maximum Gasteiger partial charge on any atom is 0.216 e. The number of sulfonamides is 1. The van der Waals surface area contributed by atoms with Gasteiger partial charge in [0.2, 0.25) is 10.0 Å². The molecule has 0 bridgehead atoms. The standard InChI is InChI=1S/C19H23BrN2O3S/c20-19-6-4-16(5-7-19)15-26(23,24)21-13-17-2-1-3-18(12-17)14-22-8-10-25-11-9-22/h1-7,12,21H,8-11,13-15H2. The summed E-state index contributed by atoms with van der Waals surface area (Å²) in [5.41, 5.74) is 2.92. The lowest BCUT2D eigenvalue weighted by Crippen LogP contribution is -2.35. The van der Waals surface area contributed by atoms with E-state index >= 15 is 0 Å². The molecule has 0 aromatic heterocycles. The zero-order valence-corrected chi connectivity index (χ0v) is 16.9. The highest BCUT2D eigenvalue weighted by molar-refractivity contribution is 9.10. The number of hydrogen-bond acceptors (Lipinski definition) is 4. The van der Waals surface area contributed by atoms with Crippen molar-refractivity contribution in [1.82, 2.24) is 9.62 Å². The monoisotopic (exact) mass is 438 g/mol. The van der Waals surface area contributed by atoms with Gasteiger partial charge in [-0.15, -0.1) is 0 Å². The van der Waals surface area contributed by atoms with Gasteiger partial charge in [-0.3, -0.25) is 4.90 Å². The molecule has 140 valence electrons. The number of morpholine rings is 1. The summed E-state index contributed by atoms with van der Waals surface area (Å²) >= 11 is 3.35. The van der Waals surface area contributed by atoms with Gasteiger partial charge in [0.1, 0.15) is 0 Å². The van der Waals surface area contributed by atoms with E-state index in [4.69, 9.17) is 4.74 Å². The minimum atomic E-state index is -3.38. The van der Waals surface area contributed by atoms with Crippen LogP contribution in [0.4, 0.5) is 0 Å². The Morgan fingerprint density at radius 2 is 1.69 bits per heavy atom. The third kappa shape index (κ3) is 6.17. The number of halogens is 1. The third-order valence-corrected chi connectivity index (χ3v) is 6.09.